The summed E-state index contributed by atoms with van der Waals surface area (Å²) in [5.74, 6) is 1.51. The second kappa shape index (κ2) is 5.42. The zero-order chi connectivity index (χ0) is 12.3. The molecule has 0 spiro atoms. The van der Waals surface area contributed by atoms with Crippen LogP contribution in [0.3, 0.4) is 0 Å². The number of aromatic hydroxyl groups is 1. The van der Waals surface area contributed by atoms with Gasteiger partial charge in [0.25, 0.3) is 0 Å². The maximum absolute atomic E-state index is 11.9. The Morgan fingerprint density at radius 3 is 2.41 bits per heavy atom. The summed E-state index contributed by atoms with van der Waals surface area (Å²) < 4.78 is 11.2. The first-order chi connectivity index (χ1) is 8.15. The third kappa shape index (κ3) is 3.38. The average Bonchev–Trinajstić information content (AvgIpc) is 2.33. The number of carbonyl (C=O) groups excluding carboxylic acids is 1. The lowest BCUT2D eigenvalue weighted by Gasteiger charge is -2.25. The van der Waals surface area contributed by atoms with Crippen molar-refractivity contribution in [3.8, 4) is 5.75 Å². The van der Waals surface area contributed by atoms with E-state index in [4.69, 9.17) is 5.11 Å². The van der Waals surface area contributed by atoms with Crippen LogP contribution in [0, 0.1) is 0 Å². The molecular formula is C12H15NO3S. The molecule has 0 bridgehead atoms. The molecule has 4 nitrogen and oxygen atoms in total. The maximum Gasteiger partial charge on any atom is 0.176 e. The number of Topliss-reactive ketones (excluding diaryl/α,β-unsaturated/α-hetero) is 1. The molecule has 0 radical (unpaired) electrons. The molecule has 0 atom stereocenters. The molecule has 1 aliphatic heterocycles. The molecule has 1 fully saturated rings. The van der Waals surface area contributed by atoms with Gasteiger partial charge in [0, 0.05) is 41.0 Å². The Morgan fingerprint density at radius 2 is 1.82 bits per heavy atom. The quantitative estimate of drug-likeness (QED) is 0.803. The highest BCUT2D eigenvalue weighted by atomic mass is 32.2. The molecular weight excluding hydrogens is 238 g/mol. The Morgan fingerprint density at radius 1 is 1.24 bits per heavy atom. The Kier molecular flexibility index (Phi) is 3.91. The molecule has 0 unspecified atom stereocenters. The van der Waals surface area contributed by atoms with Gasteiger partial charge in [-0.1, -0.05) is 0 Å². The molecule has 0 saturated carbocycles. The van der Waals surface area contributed by atoms with Gasteiger partial charge in [0.05, 0.1) is 6.54 Å². The van der Waals surface area contributed by atoms with Gasteiger partial charge in [-0.2, -0.15) is 0 Å². The smallest absolute Gasteiger partial charge is 0.176 e. The van der Waals surface area contributed by atoms with Crippen LogP contribution in [-0.2, 0) is 10.8 Å². The standard InChI is InChI=1S/C12H15NO3S/c14-11-3-1-10(2-4-11)12(15)9-13-5-7-17(16)8-6-13/h1-4,14H,5-9H2. The van der Waals surface area contributed by atoms with Crippen LogP contribution in [0.15, 0.2) is 24.3 Å². The molecule has 1 saturated heterocycles. The molecule has 1 N–H and O–H groups in total. The molecule has 0 amide bonds. The number of rotatable bonds is 3. The van der Waals surface area contributed by atoms with Crippen LogP contribution in [-0.4, -0.2) is 51.1 Å². The highest BCUT2D eigenvalue weighted by Crippen LogP contribution is 2.11. The summed E-state index contributed by atoms with van der Waals surface area (Å²) in [6, 6.07) is 6.27. The van der Waals surface area contributed by atoms with Crippen LogP contribution in [0.4, 0.5) is 0 Å². The summed E-state index contributed by atoms with van der Waals surface area (Å²) in [4.78, 5) is 13.9. The molecule has 5 heteroatoms. The minimum atomic E-state index is -0.709. The van der Waals surface area contributed by atoms with E-state index in [0.29, 0.717) is 23.6 Å². The van der Waals surface area contributed by atoms with Crippen molar-refractivity contribution >= 4 is 16.6 Å². The van der Waals surface area contributed by atoms with Crippen molar-refractivity contribution in [1.82, 2.24) is 4.90 Å². The van der Waals surface area contributed by atoms with Crippen molar-refractivity contribution in [3.63, 3.8) is 0 Å². The van der Waals surface area contributed by atoms with E-state index < -0.39 is 10.8 Å². The third-order valence-corrected chi connectivity index (χ3v) is 4.10. The zero-order valence-electron chi connectivity index (χ0n) is 9.46. The van der Waals surface area contributed by atoms with Crippen molar-refractivity contribution in [2.24, 2.45) is 0 Å². The molecule has 17 heavy (non-hydrogen) atoms. The van der Waals surface area contributed by atoms with Gasteiger partial charge < -0.3 is 5.11 Å². The molecule has 1 aliphatic rings. The molecule has 0 aromatic heterocycles. The van der Waals surface area contributed by atoms with Crippen molar-refractivity contribution in [2.45, 2.75) is 0 Å². The van der Waals surface area contributed by atoms with E-state index in [-0.39, 0.29) is 11.5 Å². The average molecular weight is 253 g/mol. The normalized spacial score (nSPS) is 18.1. The van der Waals surface area contributed by atoms with E-state index in [2.05, 4.69) is 0 Å². The first-order valence-electron chi connectivity index (χ1n) is 5.55. The van der Waals surface area contributed by atoms with Crippen LogP contribution < -0.4 is 0 Å². The summed E-state index contributed by atoms with van der Waals surface area (Å²) in [7, 11) is -0.709. The minimum Gasteiger partial charge on any atom is -0.508 e. The molecule has 1 heterocycles. The van der Waals surface area contributed by atoms with E-state index in [0.717, 1.165) is 13.1 Å². The Labute approximate surface area is 103 Å². The Hall–Kier alpha value is -1.20. The van der Waals surface area contributed by atoms with Crippen LogP contribution in [0.25, 0.3) is 0 Å². The number of hydrogen-bond donors (Lipinski definition) is 1. The van der Waals surface area contributed by atoms with Crippen molar-refractivity contribution in [1.29, 1.82) is 0 Å². The van der Waals surface area contributed by atoms with Gasteiger partial charge in [-0.3, -0.25) is 13.9 Å². The molecule has 1 aromatic carbocycles. The number of carbonyl (C=O) groups is 1. The first-order valence-corrected chi connectivity index (χ1v) is 7.03. The third-order valence-electron chi connectivity index (χ3n) is 2.83. The fraction of sp³-hybridized carbons (Fsp3) is 0.417. The van der Waals surface area contributed by atoms with E-state index in [1.54, 1.807) is 12.1 Å². The number of benzene rings is 1. The van der Waals surface area contributed by atoms with Crippen LogP contribution in [0.1, 0.15) is 10.4 Å². The van der Waals surface area contributed by atoms with E-state index in [9.17, 15) is 9.00 Å². The SMILES string of the molecule is O=C(CN1CCS(=O)CC1)c1ccc(O)cc1. The number of phenols is 1. The maximum atomic E-state index is 11.9. The lowest BCUT2D eigenvalue weighted by molar-refractivity contribution is 0.0936. The second-order valence-corrected chi connectivity index (χ2v) is 5.79. The van der Waals surface area contributed by atoms with E-state index >= 15 is 0 Å². The van der Waals surface area contributed by atoms with E-state index in [1.807, 2.05) is 4.90 Å². The van der Waals surface area contributed by atoms with E-state index in [1.165, 1.54) is 12.1 Å². The lowest BCUT2D eigenvalue weighted by atomic mass is 10.1. The molecule has 0 aliphatic carbocycles. The number of phenolic OH excluding ortho intramolecular Hbond substituents is 1. The Bertz CT molecular complexity index is 420. The lowest BCUT2D eigenvalue weighted by Crippen LogP contribution is -2.40. The van der Waals surface area contributed by atoms with Gasteiger partial charge in [-0.05, 0) is 24.3 Å². The first kappa shape index (κ1) is 12.3. The monoisotopic (exact) mass is 253 g/mol. The van der Waals surface area contributed by atoms with Crippen molar-refractivity contribution in [2.75, 3.05) is 31.1 Å². The van der Waals surface area contributed by atoms with Gasteiger partial charge in [0.1, 0.15) is 5.75 Å². The number of hydrogen-bond acceptors (Lipinski definition) is 4. The van der Waals surface area contributed by atoms with Crippen LogP contribution >= 0.6 is 0 Å². The summed E-state index contributed by atoms with van der Waals surface area (Å²) in [5, 5.41) is 9.13. The van der Waals surface area contributed by atoms with Crippen molar-refractivity contribution < 1.29 is 14.1 Å². The Balaban J connectivity index is 1.93. The fourth-order valence-electron chi connectivity index (χ4n) is 1.78. The van der Waals surface area contributed by atoms with Gasteiger partial charge >= 0.3 is 0 Å². The number of nitrogens with zero attached hydrogens (tertiary/aromatic N) is 1. The van der Waals surface area contributed by atoms with Gasteiger partial charge in [0.2, 0.25) is 0 Å². The molecule has 2 rings (SSSR count). The predicted octanol–water partition coefficient (Wildman–Crippen LogP) is 0.639. The highest BCUT2D eigenvalue weighted by molar-refractivity contribution is 7.85. The molecule has 1 aromatic rings. The summed E-state index contributed by atoms with van der Waals surface area (Å²) in [6.45, 7) is 1.80. The van der Waals surface area contributed by atoms with Crippen LogP contribution in [0.5, 0.6) is 5.75 Å². The molecule has 92 valence electrons. The zero-order valence-corrected chi connectivity index (χ0v) is 10.3. The summed E-state index contributed by atoms with van der Waals surface area (Å²) in [5.41, 5.74) is 0.606. The second-order valence-electron chi connectivity index (χ2n) is 4.09. The van der Waals surface area contributed by atoms with Gasteiger partial charge in [-0.25, -0.2) is 0 Å². The van der Waals surface area contributed by atoms with Gasteiger partial charge in [-0.15, -0.1) is 0 Å². The number of ketones is 1. The largest absolute Gasteiger partial charge is 0.508 e. The summed E-state index contributed by atoms with van der Waals surface area (Å²) >= 11 is 0. The van der Waals surface area contributed by atoms with Crippen LogP contribution in [0.2, 0.25) is 0 Å². The predicted molar refractivity (Wildman–Crippen MR) is 66.8 cm³/mol. The van der Waals surface area contributed by atoms with Gasteiger partial charge in [0.15, 0.2) is 5.78 Å². The minimum absolute atomic E-state index is 0.0395. The fourth-order valence-corrected chi connectivity index (χ4v) is 2.90. The van der Waals surface area contributed by atoms with Crippen molar-refractivity contribution in [3.05, 3.63) is 29.8 Å². The highest BCUT2D eigenvalue weighted by Gasteiger charge is 2.18. The topological polar surface area (TPSA) is 57.6 Å². The summed E-state index contributed by atoms with van der Waals surface area (Å²) in [6.07, 6.45) is 0.